The van der Waals surface area contributed by atoms with Crippen molar-refractivity contribution in [3.63, 3.8) is 0 Å². The fourth-order valence-electron chi connectivity index (χ4n) is 0.985. The maximum Gasteiger partial charge on any atom is 0.119 e. The van der Waals surface area contributed by atoms with Crippen molar-refractivity contribution in [2.45, 2.75) is 0 Å². The first-order valence-corrected chi connectivity index (χ1v) is 4.52. The molecule has 0 aliphatic carbocycles. The Morgan fingerprint density at radius 3 is 2.33 bits per heavy atom. The minimum Gasteiger partial charge on any atom is -0.492 e. The van der Waals surface area contributed by atoms with Crippen LogP contribution in [0.1, 0.15) is 0 Å². The van der Waals surface area contributed by atoms with Gasteiger partial charge in [-0.15, -0.1) is 24.8 Å². The highest BCUT2D eigenvalue weighted by Gasteiger charge is 1.89. The molecule has 0 heterocycles. The summed E-state index contributed by atoms with van der Waals surface area (Å²) < 4.78 is 5.45. The van der Waals surface area contributed by atoms with Crippen molar-refractivity contribution >= 4 is 24.8 Å². The van der Waals surface area contributed by atoms with Crippen LogP contribution >= 0.6 is 24.8 Å². The molecule has 1 aromatic rings. The van der Waals surface area contributed by atoms with Gasteiger partial charge in [0.15, 0.2) is 0 Å². The zero-order chi connectivity index (χ0) is 9.36. The van der Waals surface area contributed by atoms with Crippen LogP contribution < -0.4 is 15.8 Å². The van der Waals surface area contributed by atoms with Crippen molar-refractivity contribution in [3.05, 3.63) is 30.3 Å². The maximum atomic E-state index is 5.45. The summed E-state index contributed by atoms with van der Waals surface area (Å²) in [6.07, 6.45) is 0. The smallest absolute Gasteiger partial charge is 0.119 e. The van der Waals surface area contributed by atoms with E-state index in [4.69, 9.17) is 10.5 Å². The summed E-state index contributed by atoms with van der Waals surface area (Å²) in [5.74, 6) is 0.914. The maximum absolute atomic E-state index is 5.45. The molecule has 0 amide bonds. The summed E-state index contributed by atoms with van der Waals surface area (Å²) in [4.78, 5) is 0. The summed E-state index contributed by atoms with van der Waals surface area (Å²) in [5, 5.41) is 3.16. The first-order chi connectivity index (χ1) is 6.43. The van der Waals surface area contributed by atoms with Gasteiger partial charge in [-0.1, -0.05) is 18.2 Å². The highest BCUT2D eigenvalue weighted by Crippen LogP contribution is 2.07. The van der Waals surface area contributed by atoms with Crippen molar-refractivity contribution in [1.82, 2.24) is 5.32 Å². The third-order valence-corrected chi connectivity index (χ3v) is 1.61. The molecule has 0 bridgehead atoms. The lowest BCUT2D eigenvalue weighted by Crippen LogP contribution is -2.26. The second-order valence-corrected chi connectivity index (χ2v) is 2.70. The van der Waals surface area contributed by atoms with Crippen LogP contribution in [0.4, 0.5) is 0 Å². The Morgan fingerprint density at radius 2 is 1.73 bits per heavy atom. The quantitative estimate of drug-likeness (QED) is 0.754. The van der Waals surface area contributed by atoms with E-state index in [1.807, 2.05) is 30.3 Å². The third kappa shape index (κ3) is 8.51. The molecule has 3 N–H and O–H groups in total. The SMILES string of the molecule is Cl.Cl.NCCNCCOc1ccccc1. The fourth-order valence-corrected chi connectivity index (χ4v) is 0.985. The van der Waals surface area contributed by atoms with Crippen LogP contribution in [-0.2, 0) is 0 Å². The molecular formula is C10H18Cl2N2O. The zero-order valence-corrected chi connectivity index (χ0v) is 10.2. The van der Waals surface area contributed by atoms with Gasteiger partial charge < -0.3 is 15.8 Å². The number of hydrogen-bond donors (Lipinski definition) is 2. The molecule has 0 radical (unpaired) electrons. The summed E-state index contributed by atoms with van der Waals surface area (Å²) in [6.45, 7) is 3.04. The molecule has 0 unspecified atom stereocenters. The van der Waals surface area contributed by atoms with Gasteiger partial charge in [0.1, 0.15) is 12.4 Å². The summed E-state index contributed by atoms with van der Waals surface area (Å²) in [6, 6.07) is 9.79. The zero-order valence-electron chi connectivity index (χ0n) is 8.52. The number of halogens is 2. The van der Waals surface area contributed by atoms with Crippen molar-refractivity contribution in [1.29, 1.82) is 0 Å². The predicted molar refractivity (Wildman–Crippen MR) is 68.4 cm³/mol. The highest BCUT2D eigenvalue weighted by atomic mass is 35.5. The highest BCUT2D eigenvalue weighted by molar-refractivity contribution is 5.85. The van der Waals surface area contributed by atoms with Crippen LogP contribution in [0.2, 0.25) is 0 Å². The topological polar surface area (TPSA) is 47.3 Å². The first kappa shape index (κ1) is 16.9. The molecule has 0 atom stereocenters. The molecule has 0 saturated heterocycles. The lowest BCUT2D eigenvalue weighted by molar-refractivity contribution is 0.315. The molecule has 0 aliphatic heterocycles. The van der Waals surface area contributed by atoms with E-state index in [2.05, 4.69) is 5.32 Å². The van der Waals surface area contributed by atoms with Crippen LogP contribution in [0.5, 0.6) is 5.75 Å². The van der Waals surface area contributed by atoms with E-state index in [0.717, 1.165) is 18.8 Å². The van der Waals surface area contributed by atoms with E-state index < -0.39 is 0 Å². The van der Waals surface area contributed by atoms with Gasteiger partial charge >= 0.3 is 0 Å². The van der Waals surface area contributed by atoms with Gasteiger partial charge in [-0.3, -0.25) is 0 Å². The van der Waals surface area contributed by atoms with Crippen LogP contribution in [0, 0.1) is 0 Å². The van der Waals surface area contributed by atoms with E-state index in [-0.39, 0.29) is 24.8 Å². The molecule has 15 heavy (non-hydrogen) atoms. The Hall–Kier alpha value is -0.480. The number of nitrogens with one attached hydrogen (secondary N) is 1. The first-order valence-electron chi connectivity index (χ1n) is 4.52. The molecule has 0 aliphatic rings. The normalized spacial score (nSPS) is 8.60. The molecular weight excluding hydrogens is 235 g/mol. The van der Waals surface area contributed by atoms with E-state index in [9.17, 15) is 0 Å². The van der Waals surface area contributed by atoms with Gasteiger partial charge in [0, 0.05) is 19.6 Å². The number of para-hydroxylation sites is 1. The Bertz CT molecular complexity index is 222. The Kier molecular flexibility index (Phi) is 13.1. The average Bonchev–Trinajstić information content (AvgIpc) is 2.19. The number of ether oxygens (including phenoxy) is 1. The van der Waals surface area contributed by atoms with Crippen molar-refractivity contribution in [2.75, 3.05) is 26.2 Å². The molecule has 0 aromatic heterocycles. The van der Waals surface area contributed by atoms with E-state index in [1.165, 1.54) is 0 Å². The molecule has 0 saturated carbocycles. The average molecular weight is 253 g/mol. The molecule has 1 rings (SSSR count). The minimum absolute atomic E-state index is 0. The Labute approximate surface area is 103 Å². The standard InChI is InChI=1S/C10H16N2O.2ClH/c11-6-7-12-8-9-13-10-4-2-1-3-5-10;;/h1-5,12H,6-9,11H2;2*1H. The number of hydrogen-bond acceptors (Lipinski definition) is 3. The number of benzene rings is 1. The van der Waals surface area contributed by atoms with Crippen molar-refractivity contribution in [3.8, 4) is 5.75 Å². The molecule has 5 heteroatoms. The van der Waals surface area contributed by atoms with Gasteiger partial charge in [0.25, 0.3) is 0 Å². The molecule has 0 spiro atoms. The van der Waals surface area contributed by atoms with Gasteiger partial charge in [0.2, 0.25) is 0 Å². The fraction of sp³-hybridized carbons (Fsp3) is 0.400. The van der Waals surface area contributed by atoms with Crippen LogP contribution in [-0.4, -0.2) is 26.2 Å². The van der Waals surface area contributed by atoms with E-state index in [1.54, 1.807) is 0 Å². The molecule has 3 nitrogen and oxygen atoms in total. The van der Waals surface area contributed by atoms with Crippen LogP contribution in [0.15, 0.2) is 30.3 Å². The summed E-state index contributed by atoms with van der Waals surface area (Å²) >= 11 is 0. The largest absolute Gasteiger partial charge is 0.492 e. The predicted octanol–water partition coefficient (Wildman–Crippen LogP) is 1.46. The third-order valence-electron chi connectivity index (χ3n) is 1.61. The van der Waals surface area contributed by atoms with Crippen LogP contribution in [0.25, 0.3) is 0 Å². The minimum atomic E-state index is 0. The monoisotopic (exact) mass is 252 g/mol. The lowest BCUT2D eigenvalue weighted by atomic mass is 10.3. The number of nitrogens with two attached hydrogens (primary N) is 1. The summed E-state index contributed by atoms with van der Waals surface area (Å²) in [7, 11) is 0. The van der Waals surface area contributed by atoms with Crippen molar-refractivity contribution < 1.29 is 4.74 Å². The van der Waals surface area contributed by atoms with Gasteiger partial charge in [-0.05, 0) is 12.1 Å². The van der Waals surface area contributed by atoms with Gasteiger partial charge in [0.05, 0.1) is 0 Å². The number of rotatable bonds is 6. The second kappa shape index (κ2) is 11.6. The van der Waals surface area contributed by atoms with E-state index in [0.29, 0.717) is 13.2 Å². The van der Waals surface area contributed by atoms with Crippen molar-refractivity contribution in [2.24, 2.45) is 5.73 Å². The Balaban J connectivity index is 0. The van der Waals surface area contributed by atoms with Gasteiger partial charge in [-0.25, -0.2) is 0 Å². The molecule has 1 aromatic carbocycles. The molecule has 0 fully saturated rings. The van der Waals surface area contributed by atoms with Crippen LogP contribution in [0.3, 0.4) is 0 Å². The van der Waals surface area contributed by atoms with E-state index >= 15 is 0 Å². The second-order valence-electron chi connectivity index (χ2n) is 2.70. The lowest BCUT2D eigenvalue weighted by Gasteiger charge is -2.05. The Morgan fingerprint density at radius 1 is 1.07 bits per heavy atom. The van der Waals surface area contributed by atoms with Gasteiger partial charge in [-0.2, -0.15) is 0 Å². The molecule has 88 valence electrons. The summed E-state index contributed by atoms with van der Waals surface area (Å²) in [5.41, 5.74) is 5.32.